The van der Waals surface area contributed by atoms with Crippen LogP contribution < -0.4 is 25.0 Å². The first-order valence-electron chi connectivity index (χ1n) is 8.25. The zero-order chi connectivity index (χ0) is 18.5. The van der Waals surface area contributed by atoms with E-state index in [1.54, 1.807) is 37.3 Å². The van der Waals surface area contributed by atoms with Gasteiger partial charge in [-0.05, 0) is 24.3 Å². The Bertz CT molecular complexity index is 809. The fraction of sp³-hybridized carbons (Fsp3) is 0.263. The van der Waals surface area contributed by atoms with Crippen LogP contribution in [0.3, 0.4) is 0 Å². The Morgan fingerprint density at radius 1 is 1.12 bits per heavy atom. The molecule has 2 N–H and O–H groups in total. The van der Waals surface area contributed by atoms with Crippen molar-refractivity contribution in [3.8, 4) is 11.5 Å². The van der Waals surface area contributed by atoms with E-state index in [2.05, 4.69) is 10.6 Å². The molecule has 0 bridgehead atoms. The molecule has 3 rings (SSSR count). The number of nitrogens with one attached hydrogen (secondary N) is 2. The third-order valence-corrected chi connectivity index (χ3v) is 4.18. The van der Waals surface area contributed by atoms with Gasteiger partial charge in [-0.25, -0.2) is 4.79 Å². The molecule has 0 saturated carbocycles. The van der Waals surface area contributed by atoms with Gasteiger partial charge in [0, 0.05) is 24.7 Å². The highest BCUT2D eigenvalue weighted by molar-refractivity contribution is 5.98. The van der Waals surface area contributed by atoms with Gasteiger partial charge in [0.05, 0.1) is 25.9 Å². The summed E-state index contributed by atoms with van der Waals surface area (Å²) < 4.78 is 10.4. The monoisotopic (exact) mass is 355 g/mol. The van der Waals surface area contributed by atoms with Crippen LogP contribution in [0.25, 0.3) is 0 Å². The van der Waals surface area contributed by atoms with Crippen molar-refractivity contribution in [2.75, 3.05) is 31.0 Å². The van der Waals surface area contributed by atoms with E-state index in [0.29, 0.717) is 23.7 Å². The number of urea groups is 1. The average molecular weight is 355 g/mol. The number of carbonyl (C=O) groups excluding carboxylic acids is 2. The Kier molecular flexibility index (Phi) is 5.26. The average Bonchev–Trinajstić information content (AvgIpc) is 3.02. The molecule has 1 atom stereocenters. The molecule has 2 aromatic rings. The van der Waals surface area contributed by atoms with Gasteiger partial charge in [-0.15, -0.1) is 0 Å². The van der Waals surface area contributed by atoms with Crippen LogP contribution in [-0.2, 0) is 4.79 Å². The molecule has 0 radical (unpaired) electrons. The summed E-state index contributed by atoms with van der Waals surface area (Å²) >= 11 is 0. The summed E-state index contributed by atoms with van der Waals surface area (Å²) in [5.74, 6) is 1.21. The van der Waals surface area contributed by atoms with Crippen LogP contribution in [0.4, 0.5) is 16.2 Å². The summed E-state index contributed by atoms with van der Waals surface area (Å²) in [4.78, 5) is 26.2. The SMILES string of the molecule is COc1cccc(N2C[C@H](NC(=O)Nc3ccccc3OC)CC2=O)c1. The summed E-state index contributed by atoms with van der Waals surface area (Å²) in [5, 5.41) is 5.59. The van der Waals surface area contributed by atoms with Crippen molar-refractivity contribution < 1.29 is 19.1 Å². The molecule has 0 aliphatic carbocycles. The van der Waals surface area contributed by atoms with Gasteiger partial charge >= 0.3 is 6.03 Å². The molecule has 1 saturated heterocycles. The number of methoxy groups -OCH3 is 2. The quantitative estimate of drug-likeness (QED) is 0.864. The van der Waals surface area contributed by atoms with Crippen molar-refractivity contribution in [2.24, 2.45) is 0 Å². The number of rotatable bonds is 5. The standard InChI is InChI=1S/C19H21N3O4/c1-25-15-7-5-6-14(11-15)22-12-13(10-18(22)23)20-19(24)21-16-8-3-4-9-17(16)26-2/h3-9,11,13H,10,12H2,1-2H3,(H2,20,21,24)/t13-/m1/s1. The molecular weight excluding hydrogens is 334 g/mol. The maximum absolute atomic E-state index is 12.3. The molecule has 1 aliphatic rings. The predicted octanol–water partition coefficient (Wildman–Crippen LogP) is 2.63. The number of hydrogen-bond acceptors (Lipinski definition) is 4. The molecule has 26 heavy (non-hydrogen) atoms. The number of benzene rings is 2. The first kappa shape index (κ1) is 17.6. The van der Waals surface area contributed by atoms with Gasteiger partial charge in [-0.1, -0.05) is 18.2 Å². The molecule has 1 heterocycles. The van der Waals surface area contributed by atoms with Crippen LogP contribution in [0, 0.1) is 0 Å². The van der Waals surface area contributed by atoms with E-state index in [1.807, 2.05) is 30.3 Å². The third-order valence-electron chi connectivity index (χ3n) is 4.18. The maximum atomic E-state index is 12.3. The summed E-state index contributed by atoms with van der Waals surface area (Å²) in [6, 6.07) is 13.8. The molecule has 0 aromatic heterocycles. The summed E-state index contributed by atoms with van der Waals surface area (Å²) in [5.41, 5.74) is 1.32. The van der Waals surface area contributed by atoms with Crippen LogP contribution in [0.15, 0.2) is 48.5 Å². The Labute approximate surface area is 151 Å². The molecular formula is C19H21N3O4. The van der Waals surface area contributed by atoms with E-state index >= 15 is 0 Å². The lowest BCUT2D eigenvalue weighted by Gasteiger charge is -2.18. The zero-order valence-corrected chi connectivity index (χ0v) is 14.7. The van der Waals surface area contributed by atoms with E-state index in [0.717, 1.165) is 5.69 Å². The lowest BCUT2D eigenvalue weighted by Crippen LogP contribution is -2.39. The Morgan fingerprint density at radius 3 is 2.69 bits per heavy atom. The van der Waals surface area contributed by atoms with Gasteiger partial charge < -0.3 is 25.0 Å². The number of para-hydroxylation sites is 2. The first-order valence-corrected chi connectivity index (χ1v) is 8.25. The molecule has 1 fully saturated rings. The molecule has 3 amide bonds. The molecule has 1 aliphatic heterocycles. The molecule has 7 nitrogen and oxygen atoms in total. The molecule has 2 aromatic carbocycles. The lowest BCUT2D eigenvalue weighted by molar-refractivity contribution is -0.117. The van der Waals surface area contributed by atoms with Crippen LogP contribution in [0.5, 0.6) is 11.5 Å². The van der Waals surface area contributed by atoms with Gasteiger partial charge in [-0.3, -0.25) is 4.79 Å². The Hall–Kier alpha value is -3.22. The van der Waals surface area contributed by atoms with Crippen molar-refractivity contribution in [1.29, 1.82) is 0 Å². The topological polar surface area (TPSA) is 79.9 Å². The zero-order valence-electron chi connectivity index (χ0n) is 14.7. The first-order chi connectivity index (χ1) is 12.6. The van der Waals surface area contributed by atoms with Crippen molar-refractivity contribution in [1.82, 2.24) is 5.32 Å². The second-order valence-electron chi connectivity index (χ2n) is 5.91. The fourth-order valence-electron chi connectivity index (χ4n) is 2.92. The number of anilines is 2. The van der Waals surface area contributed by atoms with Crippen LogP contribution >= 0.6 is 0 Å². The summed E-state index contributed by atoms with van der Waals surface area (Å²) in [6.45, 7) is 0.408. The smallest absolute Gasteiger partial charge is 0.319 e. The van der Waals surface area contributed by atoms with E-state index in [9.17, 15) is 9.59 Å². The lowest BCUT2D eigenvalue weighted by atomic mass is 10.2. The summed E-state index contributed by atoms with van der Waals surface area (Å²) in [7, 11) is 3.12. The molecule has 0 unspecified atom stereocenters. The minimum Gasteiger partial charge on any atom is -0.497 e. The minimum atomic E-state index is -0.375. The van der Waals surface area contributed by atoms with Gasteiger partial charge in [-0.2, -0.15) is 0 Å². The number of hydrogen-bond donors (Lipinski definition) is 2. The number of nitrogens with zero attached hydrogens (tertiary/aromatic N) is 1. The van der Waals surface area contributed by atoms with E-state index in [1.165, 1.54) is 0 Å². The van der Waals surface area contributed by atoms with Gasteiger partial charge in [0.1, 0.15) is 11.5 Å². The van der Waals surface area contributed by atoms with E-state index in [-0.39, 0.29) is 24.4 Å². The molecule has 7 heteroatoms. The highest BCUT2D eigenvalue weighted by Gasteiger charge is 2.31. The van der Waals surface area contributed by atoms with E-state index in [4.69, 9.17) is 9.47 Å². The maximum Gasteiger partial charge on any atom is 0.319 e. The normalized spacial score (nSPS) is 16.3. The fourth-order valence-corrected chi connectivity index (χ4v) is 2.92. The largest absolute Gasteiger partial charge is 0.497 e. The number of carbonyl (C=O) groups is 2. The van der Waals surface area contributed by atoms with Crippen molar-refractivity contribution in [2.45, 2.75) is 12.5 Å². The van der Waals surface area contributed by atoms with Crippen LogP contribution in [0.1, 0.15) is 6.42 Å². The predicted molar refractivity (Wildman–Crippen MR) is 98.9 cm³/mol. The third kappa shape index (κ3) is 3.88. The summed E-state index contributed by atoms with van der Waals surface area (Å²) in [6.07, 6.45) is 0.247. The minimum absolute atomic E-state index is 0.0409. The van der Waals surface area contributed by atoms with Crippen molar-refractivity contribution >= 4 is 23.3 Å². The van der Waals surface area contributed by atoms with Crippen LogP contribution in [-0.4, -0.2) is 38.7 Å². The van der Waals surface area contributed by atoms with Crippen LogP contribution in [0.2, 0.25) is 0 Å². The highest BCUT2D eigenvalue weighted by Crippen LogP contribution is 2.26. The van der Waals surface area contributed by atoms with Gasteiger partial charge in [0.25, 0.3) is 0 Å². The number of ether oxygens (including phenoxy) is 2. The Morgan fingerprint density at radius 2 is 1.92 bits per heavy atom. The van der Waals surface area contributed by atoms with Gasteiger partial charge in [0.2, 0.25) is 5.91 Å². The van der Waals surface area contributed by atoms with E-state index < -0.39 is 0 Å². The number of amides is 3. The molecule has 136 valence electrons. The second-order valence-corrected chi connectivity index (χ2v) is 5.91. The Balaban J connectivity index is 1.62. The second kappa shape index (κ2) is 7.77. The van der Waals surface area contributed by atoms with Crippen molar-refractivity contribution in [3.05, 3.63) is 48.5 Å². The highest BCUT2D eigenvalue weighted by atomic mass is 16.5. The molecule has 0 spiro atoms. The van der Waals surface area contributed by atoms with Crippen molar-refractivity contribution in [3.63, 3.8) is 0 Å². The van der Waals surface area contributed by atoms with Gasteiger partial charge in [0.15, 0.2) is 0 Å².